The molecule has 1 heterocycles. The molecule has 1 N–H and O–H groups in total. The normalized spacial score (nSPS) is 23.7. The predicted molar refractivity (Wildman–Crippen MR) is 50.0 cm³/mol. The first-order valence-corrected chi connectivity index (χ1v) is 5.46. The Balaban J connectivity index is 2.55. The summed E-state index contributed by atoms with van der Waals surface area (Å²) in [6.45, 7) is 6.60. The van der Waals surface area contributed by atoms with Crippen LogP contribution in [0.15, 0.2) is 0 Å². The van der Waals surface area contributed by atoms with Crippen molar-refractivity contribution in [2.45, 2.75) is 32.0 Å². The molecule has 1 aliphatic rings. The minimum Gasteiger partial charge on any atom is -0.375 e. The lowest BCUT2D eigenvalue weighted by atomic mass is 10.0. The van der Waals surface area contributed by atoms with Crippen molar-refractivity contribution in [1.82, 2.24) is 0 Å². The summed E-state index contributed by atoms with van der Waals surface area (Å²) >= 11 is -1.82. The van der Waals surface area contributed by atoms with Crippen molar-refractivity contribution in [1.29, 1.82) is 0 Å². The molecule has 0 saturated carbocycles. The van der Waals surface area contributed by atoms with E-state index in [9.17, 15) is 4.21 Å². The van der Waals surface area contributed by atoms with Crippen LogP contribution in [0, 0.1) is 0 Å². The third kappa shape index (κ3) is 3.34. The van der Waals surface area contributed by atoms with E-state index in [-0.39, 0.29) is 11.4 Å². The molecule has 1 unspecified atom stereocenters. The van der Waals surface area contributed by atoms with Gasteiger partial charge in [-0.25, -0.2) is 4.21 Å². The molecule has 1 atom stereocenters. The molecular weight excluding hydrogens is 192 g/mol. The SMILES string of the molecule is CC(C)(C)OC1(CS(=O)O)COC1. The van der Waals surface area contributed by atoms with Crippen molar-refractivity contribution in [3.8, 4) is 0 Å². The van der Waals surface area contributed by atoms with Crippen LogP contribution in [-0.2, 0) is 20.6 Å². The van der Waals surface area contributed by atoms with E-state index in [1.807, 2.05) is 20.8 Å². The van der Waals surface area contributed by atoms with Gasteiger partial charge in [-0.05, 0) is 20.8 Å². The van der Waals surface area contributed by atoms with Crippen molar-refractivity contribution >= 4 is 11.1 Å². The summed E-state index contributed by atoms with van der Waals surface area (Å²) in [5.41, 5.74) is -0.846. The molecule has 78 valence electrons. The minimum absolute atomic E-state index is 0.129. The summed E-state index contributed by atoms with van der Waals surface area (Å²) in [6, 6.07) is 0. The summed E-state index contributed by atoms with van der Waals surface area (Å²) in [5, 5.41) is 0. The summed E-state index contributed by atoms with van der Waals surface area (Å²) < 4.78 is 30.2. The van der Waals surface area contributed by atoms with Gasteiger partial charge in [0.05, 0.1) is 24.6 Å². The fourth-order valence-electron chi connectivity index (χ4n) is 1.38. The van der Waals surface area contributed by atoms with E-state index in [2.05, 4.69) is 0 Å². The lowest BCUT2D eigenvalue weighted by molar-refractivity contribution is -0.237. The van der Waals surface area contributed by atoms with Gasteiger partial charge >= 0.3 is 0 Å². The second kappa shape index (κ2) is 3.65. The Morgan fingerprint density at radius 2 is 2.08 bits per heavy atom. The maximum atomic E-state index is 10.7. The third-order valence-electron chi connectivity index (χ3n) is 1.64. The molecule has 0 radical (unpaired) electrons. The van der Waals surface area contributed by atoms with E-state index in [1.54, 1.807) is 0 Å². The molecule has 0 aromatic heterocycles. The lowest BCUT2D eigenvalue weighted by Crippen LogP contribution is -2.58. The number of hydrogen-bond donors (Lipinski definition) is 1. The zero-order chi connectivity index (χ0) is 10.1. The summed E-state index contributed by atoms with van der Waals surface area (Å²) in [7, 11) is 0. The van der Waals surface area contributed by atoms with Crippen molar-refractivity contribution in [2.24, 2.45) is 0 Å². The Labute approximate surface area is 80.9 Å². The van der Waals surface area contributed by atoms with E-state index in [0.717, 1.165) is 0 Å². The predicted octanol–water partition coefficient (Wildman–Crippen LogP) is 0.792. The van der Waals surface area contributed by atoms with Crippen LogP contribution in [0.1, 0.15) is 20.8 Å². The smallest absolute Gasteiger partial charge is 0.155 e. The topological polar surface area (TPSA) is 55.8 Å². The monoisotopic (exact) mass is 208 g/mol. The second-order valence-electron chi connectivity index (χ2n) is 4.36. The Bertz CT molecular complexity index is 205. The molecular formula is C8H16O4S. The Kier molecular flexibility index (Phi) is 3.12. The van der Waals surface area contributed by atoms with E-state index in [1.165, 1.54) is 0 Å². The number of ether oxygens (including phenoxy) is 2. The van der Waals surface area contributed by atoms with Crippen LogP contribution in [0.3, 0.4) is 0 Å². The first-order valence-electron chi connectivity index (χ1n) is 4.18. The van der Waals surface area contributed by atoms with Gasteiger partial charge in [-0.3, -0.25) is 0 Å². The van der Waals surface area contributed by atoms with Crippen LogP contribution in [0.2, 0.25) is 0 Å². The first kappa shape index (κ1) is 11.1. The van der Waals surface area contributed by atoms with Crippen LogP contribution >= 0.6 is 0 Å². The van der Waals surface area contributed by atoms with E-state index >= 15 is 0 Å². The molecule has 0 aromatic rings. The summed E-state index contributed by atoms with van der Waals surface area (Å²) in [5.74, 6) is 0.129. The molecule has 1 fully saturated rings. The van der Waals surface area contributed by atoms with Crippen molar-refractivity contribution in [3.63, 3.8) is 0 Å². The highest BCUT2D eigenvalue weighted by atomic mass is 32.2. The van der Waals surface area contributed by atoms with Gasteiger partial charge in [-0.2, -0.15) is 0 Å². The van der Waals surface area contributed by atoms with E-state index < -0.39 is 16.7 Å². The highest BCUT2D eigenvalue weighted by molar-refractivity contribution is 7.79. The molecule has 1 saturated heterocycles. The average molecular weight is 208 g/mol. The zero-order valence-electron chi connectivity index (χ0n) is 8.20. The van der Waals surface area contributed by atoms with E-state index in [4.69, 9.17) is 14.0 Å². The number of rotatable bonds is 3. The molecule has 0 aliphatic carbocycles. The molecule has 5 heteroatoms. The molecule has 1 rings (SSSR count). The third-order valence-corrected chi connectivity index (χ3v) is 2.41. The van der Waals surface area contributed by atoms with Gasteiger partial charge in [-0.1, -0.05) is 0 Å². The fraction of sp³-hybridized carbons (Fsp3) is 1.00. The Hall–Kier alpha value is 0.0300. The largest absolute Gasteiger partial charge is 0.375 e. The highest BCUT2D eigenvalue weighted by Gasteiger charge is 2.44. The Morgan fingerprint density at radius 3 is 2.31 bits per heavy atom. The Morgan fingerprint density at radius 1 is 1.54 bits per heavy atom. The van der Waals surface area contributed by atoms with Crippen LogP contribution in [-0.4, -0.2) is 38.9 Å². The summed E-state index contributed by atoms with van der Waals surface area (Å²) in [4.78, 5) is 0. The molecule has 1 aliphatic heterocycles. The summed E-state index contributed by atoms with van der Waals surface area (Å²) in [6.07, 6.45) is 0. The van der Waals surface area contributed by atoms with Crippen molar-refractivity contribution < 1.29 is 18.2 Å². The van der Waals surface area contributed by atoms with Gasteiger partial charge in [0.25, 0.3) is 0 Å². The van der Waals surface area contributed by atoms with Gasteiger partial charge in [0.1, 0.15) is 5.60 Å². The standard InChI is InChI=1S/C8H16O4S/c1-7(2,3)12-8(4-11-5-8)6-13(9)10/h4-6H2,1-3H3,(H,9,10). The van der Waals surface area contributed by atoms with Crippen LogP contribution in [0.4, 0.5) is 0 Å². The first-order chi connectivity index (χ1) is 5.83. The molecule has 0 amide bonds. The maximum Gasteiger partial charge on any atom is 0.155 e. The molecule has 13 heavy (non-hydrogen) atoms. The number of hydrogen-bond acceptors (Lipinski definition) is 3. The maximum absolute atomic E-state index is 10.7. The minimum atomic E-state index is -1.82. The van der Waals surface area contributed by atoms with Crippen LogP contribution in [0.25, 0.3) is 0 Å². The van der Waals surface area contributed by atoms with Gasteiger partial charge in [0.2, 0.25) is 0 Å². The van der Waals surface area contributed by atoms with Gasteiger partial charge in [0, 0.05) is 0 Å². The van der Waals surface area contributed by atoms with E-state index in [0.29, 0.717) is 13.2 Å². The molecule has 4 nitrogen and oxygen atoms in total. The van der Waals surface area contributed by atoms with Gasteiger partial charge < -0.3 is 14.0 Å². The molecule has 0 spiro atoms. The second-order valence-corrected chi connectivity index (χ2v) is 5.29. The molecule has 0 aromatic carbocycles. The van der Waals surface area contributed by atoms with Gasteiger partial charge in [0.15, 0.2) is 11.1 Å². The zero-order valence-corrected chi connectivity index (χ0v) is 9.02. The fourth-order valence-corrected chi connectivity index (χ4v) is 2.05. The van der Waals surface area contributed by atoms with Crippen LogP contribution in [0.5, 0.6) is 0 Å². The quantitative estimate of drug-likeness (QED) is 0.697. The highest BCUT2D eigenvalue weighted by Crippen LogP contribution is 2.28. The van der Waals surface area contributed by atoms with Gasteiger partial charge in [-0.15, -0.1) is 0 Å². The average Bonchev–Trinajstić information content (AvgIpc) is 1.78. The van der Waals surface area contributed by atoms with Crippen LogP contribution < -0.4 is 0 Å². The van der Waals surface area contributed by atoms with Crippen molar-refractivity contribution in [2.75, 3.05) is 19.0 Å². The lowest BCUT2D eigenvalue weighted by Gasteiger charge is -2.44. The molecule has 0 bridgehead atoms. The van der Waals surface area contributed by atoms with Crippen molar-refractivity contribution in [3.05, 3.63) is 0 Å².